The molecule has 21 heavy (non-hydrogen) atoms. The molecule has 0 unspecified atom stereocenters. The Morgan fingerprint density at radius 1 is 1.10 bits per heavy atom. The first-order chi connectivity index (χ1) is 10.1. The number of halogens is 1. The maximum Gasteiger partial charge on any atom is 0.137 e. The number of quaternary nitrogens is 1. The normalized spacial score (nSPS) is 12.1. The molecule has 0 aliphatic carbocycles. The summed E-state index contributed by atoms with van der Waals surface area (Å²) >= 11 is 0. The molecule has 112 valence electrons. The van der Waals surface area contributed by atoms with Gasteiger partial charge in [0.1, 0.15) is 37.4 Å². The minimum absolute atomic E-state index is 0.231. The standard InChI is InChI=1S/C17H20FNO2/c1-13-2-8-17(9-3-13)21-12-16(20)11-19-10-14-4-6-15(18)7-5-14/h2-9,16,19-20H,10-12H2,1H3/p+1/t16-/m1/s1. The Labute approximate surface area is 124 Å². The van der Waals surface area contributed by atoms with Crippen LogP contribution in [0.25, 0.3) is 0 Å². The fraction of sp³-hybridized carbons (Fsp3) is 0.294. The number of hydrogen-bond acceptors (Lipinski definition) is 2. The number of nitrogens with two attached hydrogens (primary N) is 1. The zero-order chi connectivity index (χ0) is 15.1. The van der Waals surface area contributed by atoms with Gasteiger partial charge in [0.15, 0.2) is 0 Å². The van der Waals surface area contributed by atoms with E-state index in [0.29, 0.717) is 13.1 Å². The Morgan fingerprint density at radius 2 is 1.76 bits per heavy atom. The molecular weight excluding hydrogens is 269 g/mol. The van der Waals surface area contributed by atoms with Crippen molar-refractivity contribution in [3.05, 3.63) is 65.5 Å². The van der Waals surface area contributed by atoms with E-state index in [9.17, 15) is 9.50 Å². The van der Waals surface area contributed by atoms with Crippen LogP contribution in [0.15, 0.2) is 48.5 Å². The van der Waals surface area contributed by atoms with Crippen molar-refractivity contribution < 1.29 is 19.6 Å². The number of ether oxygens (including phenoxy) is 1. The number of rotatable bonds is 7. The number of aliphatic hydroxyl groups excluding tert-OH is 1. The Hall–Kier alpha value is -1.91. The van der Waals surface area contributed by atoms with Crippen molar-refractivity contribution in [1.29, 1.82) is 0 Å². The van der Waals surface area contributed by atoms with Gasteiger partial charge >= 0.3 is 0 Å². The lowest BCUT2D eigenvalue weighted by atomic mass is 10.2. The van der Waals surface area contributed by atoms with E-state index in [2.05, 4.69) is 0 Å². The van der Waals surface area contributed by atoms with E-state index >= 15 is 0 Å². The molecule has 0 saturated heterocycles. The summed E-state index contributed by atoms with van der Waals surface area (Å²) in [7, 11) is 0. The highest BCUT2D eigenvalue weighted by Gasteiger charge is 2.07. The first kappa shape index (κ1) is 15.5. The Morgan fingerprint density at radius 3 is 2.43 bits per heavy atom. The highest BCUT2D eigenvalue weighted by Crippen LogP contribution is 2.11. The molecule has 0 radical (unpaired) electrons. The van der Waals surface area contributed by atoms with Gasteiger partial charge in [0.05, 0.1) is 0 Å². The van der Waals surface area contributed by atoms with E-state index in [0.717, 1.165) is 11.3 Å². The summed E-state index contributed by atoms with van der Waals surface area (Å²) < 4.78 is 18.3. The molecule has 0 spiro atoms. The lowest BCUT2D eigenvalue weighted by molar-refractivity contribution is -0.676. The third-order valence-corrected chi connectivity index (χ3v) is 3.20. The molecule has 0 aliphatic rings. The monoisotopic (exact) mass is 290 g/mol. The number of aliphatic hydroxyl groups is 1. The highest BCUT2D eigenvalue weighted by atomic mass is 19.1. The summed E-state index contributed by atoms with van der Waals surface area (Å²) in [5.41, 5.74) is 2.21. The van der Waals surface area contributed by atoms with Crippen LogP contribution >= 0.6 is 0 Å². The zero-order valence-corrected chi connectivity index (χ0v) is 12.1. The van der Waals surface area contributed by atoms with E-state index in [1.807, 2.05) is 36.5 Å². The van der Waals surface area contributed by atoms with E-state index in [4.69, 9.17) is 4.74 Å². The third-order valence-electron chi connectivity index (χ3n) is 3.20. The summed E-state index contributed by atoms with van der Waals surface area (Å²) in [6, 6.07) is 14.1. The van der Waals surface area contributed by atoms with Gasteiger partial charge < -0.3 is 15.2 Å². The van der Waals surface area contributed by atoms with Crippen LogP contribution in [-0.2, 0) is 6.54 Å². The van der Waals surface area contributed by atoms with Crippen LogP contribution < -0.4 is 10.1 Å². The fourth-order valence-electron chi connectivity index (χ4n) is 1.96. The van der Waals surface area contributed by atoms with Gasteiger partial charge in [0, 0.05) is 5.56 Å². The minimum atomic E-state index is -0.535. The van der Waals surface area contributed by atoms with E-state index in [1.54, 1.807) is 12.1 Å². The second kappa shape index (κ2) is 7.76. The summed E-state index contributed by atoms with van der Waals surface area (Å²) in [4.78, 5) is 0. The van der Waals surface area contributed by atoms with Gasteiger partial charge in [-0.25, -0.2) is 4.39 Å². The zero-order valence-electron chi connectivity index (χ0n) is 12.1. The largest absolute Gasteiger partial charge is 0.491 e. The van der Waals surface area contributed by atoms with Crippen molar-refractivity contribution in [2.45, 2.75) is 19.6 Å². The molecule has 0 aromatic heterocycles. The number of hydrogen-bond donors (Lipinski definition) is 2. The van der Waals surface area contributed by atoms with E-state index in [-0.39, 0.29) is 12.4 Å². The predicted molar refractivity (Wildman–Crippen MR) is 79.6 cm³/mol. The minimum Gasteiger partial charge on any atom is -0.491 e. The maximum atomic E-state index is 12.8. The first-order valence-electron chi connectivity index (χ1n) is 7.07. The van der Waals surface area contributed by atoms with Crippen molar-refractivity contribution in [2.24, 2.45) is 0 Å². The predicted octanol–water partition coefficient (Wildman–Crippen LogP) is 1.64. The van der Waals surface area contributed by atoms with Gasteiger partial charge in [-0.2, -0.15) is 0 Å². The van der Waals surface area contributed by atoms with Gasteiger partial charge in [0.2, 0.25) is 0 Å². The molecule has 0 fully saturated rings. The van der Waals surface area contributed by atoms with Crippen molar-refractivity contribution >= 4 is 0 Å². The molecule has 4 heteroatoms. The molecule has 3 N–H and O–H groups in total. The van der Waals surface area contributed by atoms with E-state index in [1.165, 1.54) is 17.7 Å². The molecule has 0 saturated carbocycles. The van der Waals surface area contributed by atoms with Crippen LogP contribution in [0.4, 0.5) is 4.39 Å². The fourth-order valence-corrected chi connectivity index (χ4v) is 1.96. The summed E-state index contributed by atoms with van der Waals surface area (Å²) in [5.74, 6) is 0.531. The molecule has 0 bridgehead atoms. The SMILES string of the molecule is Cc1ccc(OC[C@H](O)C[NH2+]Cc2ccc(F)cc2)cc1. The molecule has 2 aromatic rings. The molecule has 0 aliphatic heterocycles. The number of aryl methyl sites for hydroxylation is 1. The smallest absolute Gasteiger partial charge is 0.137 e. The third kappa shape index (κ3) is 5.53. The quantitative estimate of drug-likeness (QED) is 0.814. The van der Waals surface area contributed by atoms with Crippen molar-refractivity contribution in [2.75, 3.05) is 13.2 Å². The van der Waals surface area contributed by atoms with Crippen molar-refractivity contribution in [3.8, 4) is 5.75 Å². The average Bonchev–Trinajstić information content (AvgIpc) is 2.49. The van der Waals surface area contributed by atoms with Gasteiger partial charge in [0.25, 0.3) is 0 Å². The Balaban J connectivity index is 1.66. The van der Waals surface area contributed by atoms with Gasteiger partial charge in [-0.1, -0.05) is 29.8 Å². The molecule has 2 aromatic carbocycles. The maximum absolute atomic E-state index is 12.8. The van der Waals surface area contributed by atoms with Crippen LogP contribution in [0.3, 0.4) is 0 Å². The second-order valence-electron chi connectivity index (χ2n) is 5.13. The van der Waals surface area contributed by atoms with Crippen LogP contribution in [0.1, 0.15) is 11.1 Å². The van der Waals surface area contributed by atoms with Gasteiger partial charge in [-0.05, 0) is 31.2 Å². The van der Waals surface area contributed by atoms with Crippen molar-refractivity contribution in [3.63, 3.8) is 0 Å². The summed E-state index contributed by atoms with van der Waals surface area (Å²) in [6.45, 7) is 3.54. The molecule has 0 heterocycles. The lowest BCUT2D eigenvalue weighted by Gasteiger charge is -2.11. The van der Waals surface area contributed by atoms with Crippen molar-refractivity contribution in [1.82, 2.24) is 0 Å². The first-order valence-corrected chi connectivity index (χ1v) is 7.07. The van der Waals surface area contributed by atoms with Gasteiger partial charge in [-0.15, -0.1) is 0 Å². The van der Waals surface area contributed by atoms with Crippen LogP contribution in [0.5, 0.6) is 5.75 Å². The highest BCUT2D eigenvalue weighted by molar-refractivity contribution is 5.26. The molecule has 0 amide bonds. The Kier molecular flexibility index (Phi) is 5.72. The van der Waals surface area contributed by atoms with Crippen LogP contribution in [-0.4, -0.2) is 24.4 Å². The topological polar surface area (TPSA) is 46.1 Å². The van der Waals surface area contributed by atoms with Crippen LogP contribution in [0, 0.1) is 12.7 Å². The molecule has 2 rings (SSSR count). The average molecular weight is 290 g/mol. The second-order valence-corrected chi connectivity index (χ2v) is 5.13. The Bertz CT molecular complexity index is 540. The molecular formula is C17H21FNO2+. The van der Waals surface area contributed by atoms with Crippen LogP contribution in [0.2, 0.25) is 0 Å². The summed E-state index contributed by atoms with van der Waals surface area (Å²) in [5, 5.41) is 11.9. The molecule has 1 atom stereocenters. The lowest BCUT2D eigenvalue weighted by Crippen LogP contribution is -2.85. The van der Waals surface area contributed by atoms with E-state index < -0.39 is 6.10 Å². The summed E-state index contributed by atoms with van der Waals surface area (Å²) in [6.07, 6.45) is -0.535. The van der Waals surface area contributed by atoms with Gasteiger partial charge in [-0.3, -0.25) is 0 Å². The molecule has 3 nitrogen and oxygen atoms in total. The number of benzene rings is 2.